The number of aryl methyl sites for hydroxylation is 1. The average Bonchev–Trinajstić information content (AvgIpc) is 3.09. The molecule has 1 heterocycles. The van der Waals surface area contributed by atoms with Crippen molar-refractivity contribution >= 4 is 35.0 Å². The zero-order valence-electron chi connectivity index (χ0n) is 13.8. The molecule has 1 aromatic heterocycles. The highest BCUT2D eigenvalue weighted by Gasteiger charge is 2.12. The van der Waals surface area contributed by atoms with Gasteiger partial charge in [-0.15, -0.1) is 10.2 Å². The standard InChI is InChI=1S/C18H14ClN5OS/c1-12-4-2-3-5-16(12)24-11-21-23-18(24)26-10-17(25)22-14-7-6-13(9-20)15(19)8-14/h2-8,11H,10H2,1H3,(H,22,25). The molecule has 3 rings (SSSR count). The number of nitrogens with one attached hydrogen (secondary N) is 1. The van der Waals surface area contributed by atoms with E-state index in [9.17, 15) is 4.79 Å². The summed E-state index contributed by atoms with van der Waals surface area (Å²) in [6.07, 6.45) is 1.63. The Morgan fingerprint density at radius 1 is 1.35 bits per heavy atom. The van der Waals surface area contributed by atoms with Crippen LogP contribution in [0.15, 0.2) is 53.9 Å². The molecule has 2 aromatic carbocycles. The smallest absolute Gasteiger partial charge is 0.234 e. The monoisotopic (exact) mass is 383 g/mol. The van der Waals surface area contributed by atoms with E-state index in [4.69, 9.17) is 16.9 Å². The number of carbonyl (C=O) groups is 1. The number of nitrogens with zero attached hydrogens (tertiary/aromatic N) is 4. The molecule has 1 amide bonds. The van der Waals surface area contributed by atoms with Gasteiger partial charge in [-0.1, -0.05) is 41.6 Å². The Labute approximate surface area is 159 Å². The van der Waals surface area contributed by atoms with Crippen LogP contribution in [-0.2, 0) is 4.79 Å². The molecule has 0 bridgehead atoms. The second kappa shape index (κ2) is 8.04. The molecule has 0 unspecified atom stereocenters. The molecule has 0 fully saturated rings. The Kier molecular flexibility index (Phi) is 5.56. The maximum Gasteiger partial charge on any atom is 0.234 e. The molecule has 130 valence electrons. The first-order chi connectivity index (χ1) is 12.6. The van der Waals surface area contributed by atoms with Gasteiger partial charge in [0, 0.05) is 5.69 Å². The number of anilines is 1. The quantitative estimate of drug-likeness (QED) is 0.677. The second-order valence-electron chi connectivity index (χ2n) is 5.41. The number of benzene rings is 2. The number of amides is 1. The van der Waals surface area contributed by atoms with Crippen molar-refractivity contribution in [2.75, 3.05) is 11.1 Å². The fourth-order valence-electron chi connectivity index (χ4n) is 2.33. The maximum absolute atomic E-state index is 12.2. The lowest BCUT2D eigenvalue weighted by Gasteiger charge is -2.09. The summed E-state index contributed by atoms with van der Waals surface area (Å²) >= 11 is 7.26. The molecule has 0 aliphatic rings. The number of carbonyl (C=O) groups excluding carboxylic acids is 1. The van der Waals surface area contributed by atoms with Gasteiger partial charge in [-0.25, -0.2) is 0 Å². The van der Waals surface area contributed by atoms with E-state index in [2.05, 4.69) is 15.5 Å². The van der Waals surface area contributed by atoms with E-state index in [1.165, 1.54) is 11.8 Å². The lowest BCUT2D eigenvalue weighted by Crippen LogP contribution is -2.14. The highest BCUT2D eigenvalue weighted by atomic mass is 35.5. The summed E-state index contributed by atoms with van der Waals surface area (Å²) in [5, 5.41) is 20.6. The zero-order chi connectivity index (χ0) is 18.5. The average molecular weight is 384 g/mol. The van der Waals surface area contributed by atoms with E-state index >= 15 is 0 Å². The second-order valence-corrected chi connectivity index (χ2v) is 6.76. The number of hydrogen-bond donors (Lipinski definition) is 1. The molecule has 3 aromatic rings. The van der Waals surface area contributed by atoms with Crippen LogP contribution in [0.1, 0.15) is 11.1 Å². The summed E-state index contributed by atoms with van der Waals surface area (Å²) in [5.74, 6) is -0.0301. The molecule has 1 N–H and O–H groups in total. The molecule has 8 heteroatoms. The summed E-state index contributed by atoms with van der Waals surface area (Å²) in [6, 6.07) is 14.6. The number of thioether (sulfide) groups is 1. The molecular formula is C18H14ClN5OS. The van der Waals surface area contributed by atoms with Crippen molar-refractivity contribution in [1.29, 1.82) is 5.26 Å². The van der Waals surface area contributed by atoms with Crippen molar-refractivity contribution in [2.45, 2.75) is 12.1 Å². The summed E-state index contributed by atoms with van der Waals surface area (Å²) in [4.78, 5) is 12.2. The Morgan fingerprint density at radius 3 is 2.88 bits per heavy atom. The van der Waals surface area contributed by atoms with Gasteiger partial charge >= 0.3 is 0 Å². The fourth-order valence-corrected chi connectivity index (χ4v) is 3.28. The topological polar surface area (TPSA) is 83.6 Å². The lowest BCUT2D eigenvalue weighted by atomic mass is 10.2. The van der Waals surface area contributed by atoms with E-state index in [0.29, 0.717) is 21.4 Å². The first-order valence-electron chi connectivity index (χ1n) is 7.67. The maximum atomic E-state index is 12.2. The summed E-state index contributed by atoms with van der Waals surface area (Å²) in [5.41, 5.74) is 2.97. The fraction of sp³-hybridized carbons (Fsp3) is 0.111. The molecule has 0 spiro atoms. The van der Waals surface area contributed by atoms with Crippen LogP contribution in [0.3, 0.4) is 0 Å². The van der Waals surface area contributed by atoms with Crippen molar-refractivity contribution in [3.8, 4) is 11.8 Å². The Morgan fingerprint density at radius 2 is 2.15 bits per heavy atom. The largest absolute Gasteiger partial charge is 0.325 e. The number of rotatable bonds is 5. The van der Waals surface area contributed by atoms with E-state index < -0.39 is 0 Å². The Balaban J connectivity index is 1.66. The van der Waals surface area contributed by atoms with Crippen LogP contribution >= 0.6 is 23.4 Å². The van der Waals surface area contributed by atoms with E-state index in [0.717, 1.165) is 11.3 Å². The van der Waals surface area contributed by atoms with Crippen molar-refractivity contribution in [3.05, 3.63) is 64.9 Å². The van der Waals surface area contributed by atoms with Crippen LogP contribution in [0.5, 0.6) is 0 Å². The molecule has 26 heavy (non-hydrogen) atoms. The minimum absolute atomic E-state index is 0.169. The third kappa shape index (κ3) is 4.04. The molecular weight excluding hydrogens is 370 g/mol. The van der Waals surface area contributed by atoms with Gasteiger partial charge < -0.3 is 5.32 Å². The van der Waals surface area contributed by atoms with Gasteiger partial charge in [0.15, 0.2) is 5.16 Å². The molecule has 0 aliphatic heterocycles. The van der Waals surface area contributed by atoms with Gasteiger partial charge in [0.1, 0.15) is 12.4 Å². The zero-order valence-corrected chi connectivity index (χ0v) is 15.4. The van der Waals surface area contributed by atoms with E-state index in [1.807, 2.05) is 41.8 Å². The number of aromatic nitrogens is 3. The SMILES string of the molecule is Cc1ccccc1-n1cnnc1SCC(=O)Nc1ccc(C#N)c(Cl)c1. The molecule has 0 radical (unpaired) electrons. The summed E-state index contributed by atoms with van der Waals surface area (Å²) in [6.45, 7) is 2.01. The van der Waals surface area contributed by atoms with Crippen LogP contribution in [0, 0.1) is 18.3 Å². The normalized spacial score (nSPS) is 10.3. The third-order valence-corrected chi connectivity index (χ3v) is 4.85. The van der Waals surface area contributed by atoms with Crippen LogP contribution in [0.2, 0.25) is 5.02 Å². The van der Waals surface area contributed by atoms with E-state index in [-0.39, 0.29) is 11.7 Å². The first-order valence-corrected chi connectivity index (χ1v) is 9.03. The van der Waals surface area contributed by atoms with Gasteiger partial charge in [0.2, 0.25) is 5.91 Å². The highest BCUT2D eigenvalue weighted by Crippen LogP contribution is 2.23. The molecule has 6 nitrogen and oxygen atoms in total. The van der Waals surface area contributed by atoms with Crippen molar-refractivity contribution < 1.29 is 4.79 Å². The minimum Gasteiger partial charge on any atom is -0.325 e. The van der Waals surface area contributed by atoms with Crippen LogP contribution < -0.4 is 5.32 Å². The van der Waals surface area contributed by atoms with Gasteiger partial charge in [-0.2, -0.15) is 5.26 Å². The number of hydrogen-bond acceptors (Lipinski definition) is 5. The van der Waals surface area contributed by atoms with Gasteiger partial charge in [0.25, 0.3) is 0 Å². The summed E-state index contributed by atoms with van der Waals surface area (Å²) < 4.78 is 1.85. The molecule has 0 saturated heterocycles. The predicted octanol–water partition coefficient (Wildman–Crippen LogP) is 3.83. The molecule has 0 aliphatic carbocycles. The van der Waals surface area contributed by atoms with Crippen molar-refractivity contribution in [1.82, 2.24) is 14.8 Å². The highest BCUT2D eigenvalue weighted by molar-refractivity contribution is 7.99. The minimum atomic E-state index is -0.199. The van der Waals surface area contributed by atoms with Crippen molar-refractivity contribution in [3.63, 3.8) is 0 Å². The van der Waals surface area contributed by atoms with Gasteiger partial charge in [0.05, 0.1) is 22.0 Å². The summed E-state index contributed by atoms with van der Waals surface area (Å²) in [7, 11) is 0. The predicted molar refractivity (Wildman–Crippen MR) is 102 cm³/mol. The van der Waals surface area contributed by atoms with Crippen molar-refractivity contribution in [2.24, 2.45) is 0 Å². The Bertz CT molecular complexity index is 995. The first kappa shape index (κ1) is 18.0. The molecule has 0 atom stereocenters. The van der Waals surface area contributed by atoms with Crippen LogP contribution in [-0.4, -0.2) is 26.4 Å². The van der Waals surface area contributed by atoms with Gasteiger partial charge in [-0.05, 0) is 36.8 Å². The van der Waals surface area contributed by atoms with Crippen LogP contribution in [0.4, 0.5) is 5.69 Å². The van der Waals surface area contributed by atoms with E-state index in [1.54, 1.807) is 24.5 Å². The van der Waals surface area contributed by atoms with Crippen LogP contribution in [0.25, 0.3) is 5.69 Å². The van der Waals surface area contributed by atoms with Gasteiger partial charge in [-0.3, -0.25) is 9.36 Å². The number of para-hydroxylation sites is 1. The Hall–Kier alpha value is -2.82. The number of halogens is 1. The number of nitriles is 1. The lowest BCUT2D eigenvalue weighted by molar-refractivity contribution is -0.113. The molecule has 0 saturated carbocycles. The third-order valence-electron chi connectivity index (χ3n) is 3.60.